The van der Waals surface area contributed by atoms with Gasteiger partial charge in [0.05, 0.1) is 0 Å². The number of halogens is 3. The fourth-order valence-electron chi connectivity index (χ4n) is 2.09. The molecule has 0 saturated heterocycles. The molecule has 0 aromatic heterocycles. The summed E-state index contributed by atoms with van der Waals surface area (Å²) in [6.07, 6.45) is 4.80. The fourth-order valence-corrected chi connectivity index (χ4v) is 9.37. The molecule has 0 heterocycles. The van der Waals surface area contributed by atoms with Gasteiger partial charge in [0, 0.05) is 0 Å². The number of allylic oxidation sites excluding steroid dienone is 1. The second kappa shape index (κ2) is 8.14. The van der Waals surface area contributed by atoms with Crippen LogP contribution in [0.15, 0.2) is 24.3 Å². The van der Waals surface area contributed by atoms with Gasteiger partial charge in [-0.3, -0.25) is 0 Å². The molecule has 0 amide bonds. The summed E-state index contributed by atoms with van der Waals surface area (Å²) in [5, 5.41) is 0. The number of hydrogen-bond donors (Lipinski definition) is 0. The second-order valence-electron chi connectivity index (χ2n) is 5.31. The van der Waals surface area contributed by atoms with Gasteiger partial charge in [-0.25, -0.2) is 0 Å². The molecule has 18 heavy (non-hydrogen) atoms. The van der Waals surface area contributed by atoms with E-state index < -0.39 is 5.94 Å². The maximum Gasteiger partial charge on any atom is -1.00 e. The summed E-state index contributed by atoms with van der Waals surface area (Å²) in [7, 11) is 0. The maximum absolute atomic E-state index is 2.51. The van der Waals surface area contributed by atoms with Crippen molar-refractivity contribution in [2.45, 2.75) is 30.8 Å². The summed E-state index contributed by atoms with van der Waals surface area (Å²) >= 11 is 0.186. The largest absolute Gasteiger partial charge is 1.00 e. The first kappa shape index (κ1) is 21.1. The Morgan fingerprint density at radius 2 is 1.67 bits per heavy atom. The van der Waals surface area contributed by atoms with E-state index in [1.54, 1.807) is 5.56 Å². The van der Waals surface area contributed by atoms with Gasteiger partial charge in [0.25, 0.3) is 0 Å². The molecule has 1 aliphatic rings. The maximum atomic E-state index is 2.51. The van der Waals surface area contributed by atoms with Crippen LogP contribution in [0.4, 0.5) is 0 Å². The minimum atomic E-state index is -0.834. The molecule has 0 fully saturated rings. The zero-order valence-corrected chi connectivity index (χ0v) is 15.9. The standard InChI is InChI=1S/C10H9.C3H9Si.3ClH.Ti/c1-8-4-2-5-9-6-3-7-10(8)9;1-4(2)3;;;;/h2-7H,1H3;1-3H3;3*1H;/q;;;;;+3/p-3. The number of hydrogen-bond acceptors (Lipinski definition) is 0. The Balaban J connectivity index is 0. The molecule has 1 aromatic carbocycles. The van der Waals surface area contributed by atoms with Crippen LogP contribution in [0.25, 0.3) is 6.08 Å². The van der Waals surface area contributed by atoms with Crippen molar-refractivity contribution >= 4 is 12.0 Å². The van der Waals surface area contributed by atoms with Crippen LogP contribution >= 0.6 is 0 Å². The molecule has 5 heteroatoms. The van der Waals surface area contributed by atoms with Crippen LogP contribution in [0.5, 0.6) is 0 Å². The van der Waals surface area contributed by atoms with Crippen LogP contribution in [0, 0.1) is 6.92 Å². The summed E-state index contributed by atoms with van der Waals surface area (Å²) in [5.41, 5.74) is 4.55. The molecule has 0 nitrogen and oxygen atoms in total. The molecule has 1 aliphatic carbocycles. The number of fused-ring (bicyclic) bond motifs is 1. The summed E-state index contributed by atoms with van der Waals surface area (Å²) in [6.45, 7) is 9.75. The Morgan fingerprint density at radius 3 is 2.22 bits per heavy atom. The fraction of sp³-hybridized carbons (Fsp3) is 0.385. The Kier molecular flexibility index (Phi) is 9.52. The quantitative estimate of drug-likeness (QED) is 0.466. The van der Waals surface area contributed by atoms with Crippen LogP contribution in [-0.4, -0.2) is 5.94 Å². The van der Waals surface area contributed by atoms with Crippen molar-refractivity contribution in [1.29, 1.82) is 0 Å². The molecule has 0 N–H and O–H groups in total. The van der Waals surface area contributed by atoms with Crippen molar-refractivity contribution in [3.8, 4) is 0 Å². The molecular formula is C13H18Cl3SiTi. The normalized spacial score (nSPS) is 15.7. The molecule has 1 aromatic rings. The van der Waals surface area contributed by atoms with Gasteiger partial charge >= 0.3 is 102 Å². The minimum Gasteiger partial charge on any atom is -1.00 e. The van der Waals surface area contributed by atoms with Gasteiger partial charge in [0.1, 0.15) is 0 Å². The van der Waals surface area contributed by atoms with E-state index in [-0.39, 0.29) is 55.6 Å². The predicted octanol–water partition coefficient (Wildman–Crippen LogP) is -5.01. The van der Waals surface area contributed by atoms with Crippen molar-refractivity contribution in [2.75, 3.05) is 0 Å². The first-order chi connectivity index (χ1) is 6.97. The molecule has 0 bridgehead atoms. The van der Waals surface area contributed by atoms with Crippen LogP contribution in [0.3, 0.4) is 0 Å². The van der Waals surface area contributed by atoms with Gasteiger partial charge in [0.2, 0.25) is 0 Å². The molecule has 0 aliphatic heterocycles. The number of rotatable bonds is 2. The molecule has 0 radical (unpaired) electrons. The number of benzene rings is 1. The van der Waals surface area contributed by atoms with Crippen molar-refractivity contribution in [3.63, 3.8) is 0 Å². The summed E-state index contributed by atoms with van der Waals surface area (Å²) in [4.78, 5) is 0. The van der Waals surface area contributed by atoms with Gasteiger partial charge in [-0.15, -0.1) is 0 Å². The van der Waals surface area contributed by atoms with Gasteiger partial charge in [0.15, 0.2) is 0 Å². The molecule has 1 atom stereocenters. The van der Waals surface area contributed by atoms with Gasteiger partial charge < -0.3 is 37.2 Å². The van der Waals surface area contributed by atoms with Crippen molar-refractivity contribution < 1.29 is 55.6 Å². The van der Waals surface area contributed by atoms with E-state index in [1.165, 1.54) is 11.1 Å². The topological polar surface area (TPSA) is 0 Å². The van der Waals surface area contributed by atoms with Crippen molar-refractivity contribution in [1.82, 2.24) is 0 Å². The Morgan fingerprint density at radius 1 is 1.06 bits per heavy atom. The van der Waals surface area contributed by atoms with E-state index in [2.05, 4.69) is 56.9 Å². The Hall–Kier alpha value is 0.761. The molecule has 2 rings (SSSR count). The molecule has 99 valence electrons. The Labute approximate surface area is 138 Å². The first-order valence-electron chi connectivity index (χ1n) is 5.53. The smallest absolute Gasteiger partial charge is 1.00 e. The van der Waals surface area contributed by atoms with Gasteiger partial charge in [-0.2, -0.15) is 0 Å². The molecule has 0 saturated carbocycles. The van der Waals surface area contributed by atoms with E-state index in [0.29, 0.717) is 0 Å². The van der Waals surface area contributed by atoms with E-state index in [0.717, 1.165) is 4.22 Å². The SMILES string of the molecule is Cc1cccc2c1C=C[CH]2[Ti+3][Si](C)(C)C.[Cl-].[Cl-].[Cl-]. The zero-order valence-electron chi connectivity index (χ0n) is 11.1. The monoisotopic (exact) mass is 355 g/mol. The molecule has 1 unspecified atom stereocenters. The third kappa shape index (κ3) is 5.03. The van der Waals surface area contributed by atoms with Gasteiger partial charge in [-0.05, 0) is 0 Å². The van der Waals surface area contributed by atoms with Crippen LogP contribution in [0.2, 0.25) is 19.6 Å². The summed E-state index contributed by atoms with van der Waals surface area (Å²) in [5.74, 6) is -0.834. The summed E-state index contributed by atoms with van der Waals surface area (Å²) in [6, 6.07) is 6.77. The zero-order chi connectivity index (χ0) is 11.1. The van der Waals surface area contributed by atoms with E-state index in [4.69, 9.17) is 0 Å². The van der Waals surface area contributed by atoms with E-state index in [1.807, 2.05) is 0 Å². The van der Waals surface area contributed by atoms with Crippen LogP contribution in [-0.2, 0) is 18.4 Å². The predicted molar refractivity (Wildman–Crippen MR) is 66.3 cm³/mol. The van der Waals surface area contributed by atoms with Crippen molar-refractivity contribution in [2.24, 2.45) is 0 Å². The first-order valence-corrected chi connectivity index (χ1v) is 12.3. The number of aryl methyl sites for hydroxylation is 1. The van der Waals surface area contributed by atoms with Crippen LogP contribution in [0.1, 0.15) is 20.9 Å². The van der Waals surface area contributed by atoms with Crippen molar-refractivity contribution in [3.05, 3.63) is 41.0 Å². The summed E-state index contributed by atoms with van der Waals surface area (Å²) < 4.78 is 0.812. The second-order valence-corrected chi connectivity index (χ2v) is 19.4. The average molecular weight is 357 g/mol. The van der Waals surface area contributed by atoms with Crippen LogP contribution < -0.4 is 37.2 Å². The van der Waals surface area contributed by atoms with E-state index >= 15 is 0 Å². The molecule has 0 spiro atoms. The third-order valence-electron chi connectivity index (χ3n) is 2.74. The molecular weight excluding hydrogens is 338 g/mol. The van der Waals surface area contributed by atoms with Gasteiger partial charge in [-0.1, -0.05) is 0 Å². The average Bonchev–Trinajstić information content (AvgIpc) is 2.48. The third-order valence-corrected chi connectivity index (χ3v) is 10.2. The Bertz CT molecular complexity index is 413. The minimum absolute atomic E-state index is 0. The van der Waals surface area contributed by atoms with E-state index in [9.17, 15) is 0 Å².